The molecule has 0 amide bonds. The van der Waals surface area contributed by atoms with Crippen molar-refractivity contribution in [1.29, 1.82) is 0 Å². The Labute approximate surface area is 186 Å². The van der Waals surface area contributed by atoms with E-state index in [1.807, 2.05) is 58.9 Å². The van der Waals surface area contributed by atoms with Gasteiger partial charge in [0.2, 0.25) is 0 Å². The van der Waals surface area contributed by atoms with Crippen molar-refractivity contribution in [2.45, 2.75) is 13.1 Å². The number of hydrogen-bond acceptors (Lipinski definition) is 4. The van der Waals surface area contributed by atoms with E-state index in [1.165, 1.54) is 0 Å². The standard InChI is InChI=1S/C26H22N2O4/c29-25(30)23-5-1-19(2-6-23)17-27-13-9-21(10-14-27)22-11-15-28(16-12-22)18-20-3-7-24(8-4-20)26(31)32/h1-16H,17-18H2,(H,29,30)(H,31,32). The predicted octanol–water partition coefficient (Wildman–Crippen LogP) is 4.77. The first-order valence-electron chi connectivity index (χ1n) is 10.1. The number of nitrogens with zero attached hydrogens (tertiary/aromatic N) is 2. The molecule has 0 fully saturated rings. The quantitative estimate of drug-likeness (QED) is 0.693. The molecule has 2 heterocycles. The Kier molecular flexibility index (Phi) is 6.03. The minimum Gasteiger partial charge on any atom is -0.478 e. The third kappa shape index (κ3) is 5.05. The van der Waals surface area contributed by atoms with Crippen LogP contribution in [0.2, 0.25) is 0 Å². The van der Waals surface area contributed by atoms with Crippen LogP contribution >= 0.6 is 0 Å². The van der Waals surface area contributed by atoms with Crippen molar-refractivity contribution in [3.05, 3.63) is 131 Å². The highest BCUT2D eigenvalue weighted by Gasteiger charge is 2.09. The molecule has 0 unspecified atom stereocenters. The Hall–Kier alpha value is -4.32. The number of carboxylic acid groups (broad SMARTS) is 2. The summed E-state index contributed by atoms with van der Waals surface area (Å²) in [5.74, 6) is -1.84. The number of aromatic carboxylic acids is 2. The molecule has 0 bridgehead atoms. The molecule has 0 saturated carbocycles. The summed E-state index contributed by atoms with van der Waals surface area (Å²) >= 11 is 0. The van der Waals surface area contributed by atoms with Gasteiger partial charge in [-0.1, -0.05) is 24.3 Å². The molecule has 0 radical (unpaired) electrons. The van der Waals surface area contributed by atoms with Crippen LogP contribution in [0.3, 0.4) is 0 Å². The summed E-state index contributed by atoms with van der Waals surface area (Å²) in [6.45, 7) is 1.32. The topological polar surface area (TPSA) is 81.1 Å². The number of carbonyl (C=O) groups is 2. The van der Waals surface area contributed by atoms with Gasteiger partial charge in [-0.2, -0.15) is 0 Å². The van der Waals surface area contributed by atoms with Crippen molar-refractivity contribution in [2.24, 2.45) is 0 Å². The molecular weight excluding hydrogens is 404 g/mol. The van der Waals surface area contributed by atoms with Crippen LogP contribution in [-0.4, -0.2) is 32.0 Å². The molecule has 2 aromatic carbocycles. The first-order valence-corrected chi connectivity index (χ1v) is 10.1. The molecule has 0 atom stereocenters. The number of rotatable bonds is 6. The minimum atomic E-state index is -0.922. The zero-order valence-electron chi connectivity index (χ0n) is 17.3. The minimum absolute atomic E-state index is 0.285. The normalized spacial score (nSPS) is 14.9. The van der Waals surface area contributed by atoms with Crippen LogP contribution in [0.4, 0.5) is 0 Å². The number of hydrogen-bond donors (Lipinski definition) is 2. The Bertz CT molecular complexity index is 1040. The van der Waals surface area contributed by atoms with E-state index in [9.17, 15) is 9.59 Å². The summed E-state index contributed by atoms with van der Waals surface area (Å²) in [5.41, 5.74) is 4.83. The average molecular weight is 426 g/mol. The van der Waals surface area contributed by atoms with E-state index in [-0.39, 0.29) is 11.1 Å². The van der Waals surface area contributed by atoms with E-state index in [0.29, 0.717) is 13.1 Å². The van der Waals surface area contributed by atoms with Crippen LogP contribution < -0.4 is 0 Å². The second-order valence-electron chi connectivity index (χ2n) is 7.52. The highest BCUT2D eigenvalue weighted by atomic mass is 16.4. The summed E-state index contributed by atoms with van der Waals surface area (Å²) in [4.78, 5) is 26.0. The van der Waals surface area contributed by atoms with Crippen LogP contribution in [-0.2, 0) is 13.1 Å². The van der Waals surface area contributed by atoms with E-state index in [1.54, 1.807) is 24.3 Å². The second kappa shape index (κ2) is 9.22. The molecule has 4 rings (SSSR count). The Morgan fingerprint density at radius 3 is 1.16 bits per heavy atom. The van der Waals surface area contributed by atoms with Crippen LogP contribution in [0.25, 0.3) is 0 Å². The maximum atomic E-state index is 11.0. The summed E-state index contributed by atoms with van der Waals surface area (Å²) < 4.78 is 0. The first kappa shape index (κ1) is 20.9. The number of allylic oxidation sites excluding steroid dienone is 6. The molecule has 2 aromatic rings. The molecule has 6 nitrogen and oxygen atoms in total. The van der Waals surface area contributed by atoms with Crippen LogP contribution in [0.1, 0.15) is 31.8 Å². The molecule has 0 saturated heterocycles. The zero-order chi connectivity index (χ0) is 22.5. The zero-order valence-corrected chi connectivity index (χ0v) is 17.3. The van der Waals surface area contributed by atoms with E-state index >= 15 is 0 Å². The van der Waals surface area contributed by atoms with Crippen molar-refractivity contribution < 1.29 is 19.8 Å². The molecule has 2 aliphatic heterocycles. The SMILES string of the molecule is O=C(O)c1ccc(CN2C=CC(=C3C=CN(Cc4ccc(C(=O)O)cc4)C=C3)C=C2)cc1. The second-order valence-corrected chi connectivity index (χ2v) is 7.52. The lowest BCUT2D eigenvalue weighted by Crippen LogP contribution is -2.13. The molecule has 0 aliphatic carbocycles. The van der Waals surface area contributed by atoms with Gasteiger partial charge in [-0.05, 0) is 70.8 Å². The van der Waals surface area contributed by atoms with Gasteiger partial charge in [-0.3, -0.25) is 0 Å². The number of benzene rings is 2. The van der Waals surface area contributed by atoms with E-state index in [4.69, 9.17) is 10.2 Å². The van der Waals surface area contributed by atoms with Crippen LogP contribution in [0, 0.1) is 0 Å². The maximum Gasteiger partial charge on any atom is 0.335 e. The monoisotopic (exact) mass is 426 g/mol. The molecule has 2 N–H and O–H groups in total. The Morgan fingerprint density at radius 2 is 0.875 bits per heavy atom. The van der Waals surface area contributed by atoms with Crippen molar-refractivity contribution in [1.82, 2.24) is 9.80 Å². The van der Waals surface area contributed by atoms with Crippen molar-refractivity contribution >= 4 is 11.9 Å². The average Bonchev–Trinajstić information content (AvgIpc) is 2.81. The third-order valence-electron chi connectivity index (χ3n) is 5.25. The highest BCUT2D eigenvalue weighted by Crippen LogP contribution is 2.21. The lowest BCUT2D eigenvalue weighted by molar-refractivity contribution is 0.0686. The van der Waals surface area contributed by atoms with Gasteiger partial charge >= 0.3 is 11.9 Å². The van der Waals surface area contributed by atoms with Gasteiger partial charge in [-0.15, -0.1) is 0 Å². The maximum absolute atomic E-state index is 11.0. The van der Waals surface area contributed by atoms with Gasteiger partial charge < -0.3 is 20.0 Å². The van der Waals surface area contributed by atoms with Gasteiger partial charge in [0, 0.05) is 37.9 Å². The van der Waals surface area contributed by atoms with Gasteiger partial charge in [0.25, 0.3) is 0 Å². The van der Waals surface area contributed by atoms with Gasteiger partial charge in [0.15, 0.2) is 0 Å². The fourth-order valence-corrected chi connectivity index (χ4v) is 3.44. The molecule has 160 valence electrons. The van der Waals surface area contributed by atoms with E-state index < -0.39 is 11.9 Å². The molecule has 2 aliphatic rings. The van der Waals surface area contributed by atoms with Crippen LogP contribution in [0.15, 0.2) is 109 Å². The molecule has 0 aromatic heterocycles. The predicted molar refractivity (Wildman–Crippen MR) is 121 cm³/mol. The van der Waals surface area contributed by atoms with Gasteiger partial charge in [0.1, 0.15) is 0 Å². The van der Waals surface area contributed by atoms with Gasteiger partial charge in [0.05, 0.1) is 11.1 Å². The lowest BCUT2D eigenvalue weighted by Gasteiger charge is -2.22. The van der Waals surface area contributed by atoms with Crippen molar-refractivity contribution in [2.75, 3.05) is 0 Å². The largest absolute Gasteiger partial charge is 0.478 e. The fourth-order valence-electron chi connectivity index (χ4n) is 3.44. The molecular formula is C26H22N2O4. The molecule has 0 spiro atoms. The summed E-state index contributed by atoms with van der Waals surface area (Å²) in [7, 11) is 0. The summed E-state index contributed by atoms with van der Waals surface area (Å²) in [6, 6.07) is 13.8. The van der Waals surface area contributed by atoms with E-state index in [0.717, 1.165) is 22.3 Å². The number of carboxylic acids is 2. The van der Waals surface area contributed by atoms with E-state index in [2.05, 4.69) is 24.3 Å². The Balaban J connectivity index is 1.34. The molecule has 6 heteroatoms. The smallest absolute Gasteiger partial charge is 0.335 e. The van der Waals surface area contributed by atoms with Gasteiger partial charge in [-0.25, -0.2) is 9.59 Å². The fraction of sp³-hybridized carbons (Fsp3) is 0.0769. The van der Waals surface area contributed by atoms with Crippen LogP contribution in [0.5, 0.6) is 0 Å². The summed E-state index contributed by atoms with van der Waals surface area (Å²) in [6.07, 6.45) is 16.2. The highest BCUT2D eigenvalue weighted by molar-refractivity contribution is 5.88. The lowest BCUT2D eigenvalue weighted by atomic mass is 10.0. The first-order chi connectivity index (χ1) is 15.5. The third-order valence-corrected chi connectivity index (χ3v) is 5.25. The Morgan fingerprint density at radius 1 is 0.562 bits per heavy atom. The summed E-state index contributed by atoms with van der Waals surface area (Å²) in [5, 5.41) is 18.0. The molecule has 32 heavy (non-hydrogen) atoms. The van der Waals surface area contributed by atoms with Crippen molar-refractivity contribution in [3.63, 3.8) is 0 Å². The van der Waals surface area contributed by atoms with Crippen molar-refractivity contribution in [3.8, 4) is 0 Å².